The SMILES string of the molecule is CNC(CCc1ccccc1)c1ccc(C)s1. The number of nitrogens with one attached hydrogen (secondary N) is 1. The number of thiophene rings is 1. The molecule has 2 heteroatoms. The highest BCUT2D eigenvalue weighted by Crippen LogP contribution is 2.25. The molecule has 0 aliphatic carbocycles. The van der Waals surface area contributed by atoms with Crippen LogP contribution < -0.4 is 5.32 Å². The minimum absolute atomic E-state index is 0.480. The maximum Gasteiger partial charge on any atom is 0.0415 e. The normalized spacial score (nSPS) is 12.6. The summed E-state index contributed by atoms with van der Waals surface area (Å²) in [4.78, 5) is 2.83. The van der Waals surface area contributed by atoms with Gasteiger partial charge in [0.25, 0.3) is 0 Å². The van der Waals surface area contributed by atoms with Crippen LogP contribution in [0.25, 0.3) is 0 Å². The van der Waals surface area contributed by atoms with Gasteiger partial charge in [0.2, 0.25) is 0 Å². The van der Waals surface area contributed by atoms with Crippen molar-refractivity contribution in [3.63, 3.8) is 0 Å². The fourth-order valence-electron chi connectivity index (χ4n) is 2.03. The van der Waals surface area contributed by atoms with Gasteiger partial charge >= 0.3 is 0 Å². The van der Waals surface area contributed by atoms with Crippen LogP contribution in [0.2, 0.25) is 0 Å². The van der Waals surface area contributed by atoms with Gasteiger partial charge < -0.3 is 5.32 Å². The molecular weight excluding hydrogens is 226 g/mol. The maximum absolute atomic E-state index is 3.41. The number of hydrogen-bond donors (Lipinski definition) is 1. The molecule has 0 spiro atoms. The molecule has 2 aromatic rings. The zero-order chi connectivity index (χ0) is 12.1. The van der Waals surface area contributed by atoms with E-state index in [9.17, 15) is 0 Å². The third-order valence-electron chi connectivity index (χ3n) is 3.02. The highest BCUT2D eigenvalue weighted by molar-refractivity contribution is 7.12. The van der Waals surface area contributed by atoms with Crippen molar-refractivity contribution in [2.24, 2.45) is 0 Å². The fourth-order valence-corrected chi connectivity index (χ4v) is 3.05. The molecule has 17 heavy (non-hydrogen) atoms. The molecule has 0 fully saturated rings. The van der Waals surface area contributed by atoms with E-state index in [4.69, 9.17) is 0 Å². The lowest BCUT2D eigenvalue weighted by Gasteiger charge is -2.14. The Kier molecular flexibility index (Phi) is 4.35. The van der Waals surface area contributed by atoms with Crippen molar-refractivity contribution in [3.05, 3.63) is 57.8 Å². The molecular formula is C15H19NS. The van der Waals surface area contributed by atoms with E-state index in [0.29, 0.717) is 6.04 Å². The average Bonchev–Trinajstić information content (AvgIpc) is 2.78. The molecule has 1 atom stereocenters. The summed E-state index contributed by atoms with van der Waals surface area (Å²) in [6, 6.07) is 15.6. The van der Waals surface area contributed by atoms with Crippen LogP contribution >= 0.6 is 11.3 Å². The monoisotopic (exact) mass is 245 g/mol. The van der Waals surface area contributed by atoms with Crippen LogP contribution in [0.3, 0.4) is 0 Å². The number of rotatable bonds is 5. The molecule has 0 bridgehead atoms. The highest BCUT2D eigenvalue weighted by atomic mass is 32.1. The van der Waals surface area contributed by atoms with Gasteiger partial charge in [0.15, 0.2) is 0 Å². The predicted molar refractivity (Wildman–Crippen MR) is 75.6 cm³/mol. The van der Waals surface area contributed by atoms with E-state index >= 15 is 0 Å². The Balaban J connectivity index is 1.97. The molecule has 1 N–H and O–H groups in total. The summed E-state index contributed by atoms with van der Waals surface area (Å²) in [5.74, 6) is 0. The van der Waals surface area contributed by atoms with Gasteiger partial charge in [-0.05, 0) is 44.5 Å². The van der Waals surface area contributed by atoms with Crippen molar-refractivity contribution < 1.29 is 0 Å². The summed E-state index contributed by atoms with van der Waals surface area (Å²) < 4.78 is 0. The van der Waals surface area contributed by atoms with Crippen LogP contribution in [0.1, 0.15) is 27.8 Å². The molecule has 1 aromatic carbocycles. The zero-order valence-corrected chi connectivity index (χ0v) is 11.3. The summed E-state index contributed by atoms with van der Waals surface area (Å²) in [5, 5.41) is 3.41. The van der Waals surface area contributed by atoms with Crippen LogP contribution in [0.5, 0.6) is 0 Å². The second-order valence-corrected chi connectivity index (χ2v) is 5.63. The van der Waals surface area contributed by atoms with Crippen molar-refractivity contribution >= 4 is 11.3 Å². The van der Waals surface area contributed by atoms with Crippen LogP contribution in [0.4, 0.5) is 0 Å². The van der Waals surface area contributed by atoms with Crippen molar-refractivity contribution in [2.75, 3.05) is 7.05 Å². The van der Waals surface area contributed by atoms with E-state index in [1.165, 1.54) is 15.3 Å². The van der Waals surface area contributed by atoms with Gasteiger partial charge in [-0.3, -0.25) is 0 Å². The van der Waals surface area contributed by atoms with E-state index in [1.54, 1.807) is 0 Å². The van der Waals surface area contributed by atoms with E-state index in [-0.39, 0.29) is 0 Å². The summed E-state index contributed by atoms with van der Waals surface area (Å²) in [6.45, 7) is 2.16. The molecule has 1 aromatic heterocycles. The standard InChI is InChI=1S/C15H19NS/c1-12-8-11-15(17-12)14(16-2)10-9-13-6-4-3-5-7-13/h3-8,11,14,16H,9-10H2,1-2H3. The first-order valence-electron chi connectivity index (χ1n) is 6.07. The molecule has 1 unspecified atom stereocenters. The van der Waals surface area contributed by atoms with E-state index in [0.717, 1.165) is 12.8 Å². The third-order valence-corrected chi connectivity index (χ3v) is 4.13. The predicted octanol–water partition coefficient (Wildman–Crippen LogP) is 3.95. The molecule has 1 heterocycles. The molecule has 0 aliphatic heterocycles. The Labute approximate surface area is 108 Å². The molecule has 0 aliphatic rings. The first-order chi connectivity index (χ1) is 8.29. The van der Waals surface area contributed by atoms with Crippen LogP contribution in [0, 0.1) is 6.92 Å². The van der Waals surface area contributed by atoms with E-state index in [2.05, 4.69) is 54.7 Å². The summed E-state index contributed by atoms with van der Waals surface area (Å²) >= 11 is 1.89. The molecule has 0 saturated heterocycles. The van der Waals surface area contributed by atoms with Crippen molar-refractivity contribution in [1.82, 2.24) is 5.32 Å². The third kappa shape index (κ3) is 3.42. The first kappa shape index (κ1) is 12.3. The number of benzene rings is 1. The van der Waals surface area contributed by atoms with Crippen LogP contribution in [0.15, 0.2) is 42.5 Å². The second-order valence-electron chi connectivity index (χ2n) is 4.31. The quantitative estimate of drug-likeness (QED) is 0.841. The summed E-state index contributed by atoms with van der Waals surface area (Å²) in [7, 11) is 2.05. The lowest BCUT2D eigenvalue weighted by Crippen LogP contribution is -2.15. The topological polar surface area (TPSA) is 12.0 Å². The van der Waals surface area contributed by atoms with Crippen molar-refractivity contribution in [2.45, 2.75) is 25.8 Å². The molecule has 0 radical (unpaired) electrons. The van der Waals surface area contributed by atoms with Gasteiger partial charge in [0.1, 0.15) is 0 Å². The highest BCUT2D eigenvalue weighted by Gasteiger charge is 2.10. The minimum Gasteiger partial charge on any atom is -0.312 e. The van der Waals surface area contributed by atoms with Gasteiger partial charge in [-0.15, -0.1) is 11.3 Å². The first-order valence-corrected chi connectivity index (χ1v) is 6.89. The largest absolute Gasteiger partial charge is 0.312 e. The fraction of sp³-hybridized carbons (Fsp3) is 0.333. The number of hydrogen-bond acceptors (Lipinski definition) is 2. The molecule has 2 rings (SSSR count). The van der Waals surface area contributed by atoms with Crippen molar-refractivity contribution in [1.29, 1.82) is 0 Å². The van der Waals surface area contributed by atoms with Crippen LogP contribution in [-0.4, -0.2) is 7.05 Å². The Morgan fingerprint density at radius 2 is 1.88 bits per heavy atom. The Morgan fingerprint density at radius 1 is 1.12 bits per heavy atom. The lowest BCUT2D eigenvalue weighted by molar-refractivity contribution is 0.558. The van der Waals surface area contributed by atoms with Gasteiger partial charge in [-0.25, -0.2) is 0 Å². The summed E-state index contributed by atoms with van der Waals surface area (Å²) in [6.07, 6.45) is 2.28. The minimum atomic E-state index is 0.480. The van der Waals surface area contributed by atoms with Gasteiger partial charge in [0.05, 0.1) is 0 Å². The second kappa shape index (κ2) is 5.99. The molecule has 90 valence electrons. The number of aryl methyl sites for hydroxylation is 2. The smallest absolute Gasteiger partial charge is 0.0415 e. The van der Waals surface area contributed by atoms with Gasteiger partial charge in [-0.1, -0.05) is 30.3 Å². The zero-order valence-electron chi connectivity index (χ0n) is 10.4. The Morgan fingerprint density at radius 3 is 2.47 bits per heavy atom. The van der Waals surface area contributed by atoms with Crippen molar-refractivity contribution in [3.8, 4) is 0 Å². The van der Waals surface area contributed by atoms with Crippen LogP contribution in [-0.2, 0) is 6.42 Å². The average molecular weight is 245 g/mol. The molecule has 0 amide bonds. The summed E-state index contributed by atoms with van der Waals surface area (Å²) in [5.41, 5.74) is 1.42. The maximum atomic E-state index is 3.41. The molecule has 1 nitrogen and oxygen atoms in total. The van der Waals surface area contributed by atoms with E-state index in [1.807, 2.05) is 18.4 Å². The van der Waals surface area contributed by atoms with E-state index < -0.39 is 0 Å². The van der Waals surface area contributed by atoms with Gasteiger partial charge in [0, 0.05) is 15.8 Å². The van der Waals surface area contributed by atoms with Gasteiger partial charge in [-0.2, -0.15) is 0 Å². The lowest BCUT2D eigenvalue weighted by atomic mass is 10.0. The molecule has 0 saturated carbocycles. The Hall–Kier alpha value is -1.12. The Bertz CT molecular complexity index is 447.